The largest absolute Gasteiger partial charge is 0.496 e. The molecule has 0 spiro atoms. The summed E-state index contributed by atoms with van der Waals surface area (Å²) in [5.41, 5.74) is 3.02. The van der Waals surface area contributed by atoms with Gasteiger partial charge in [-0.05, 0) is 44.6 Å². The fraction of sp³-hybridized carbons (Fsp3) is 0.478. The fourth-order valence-corrected chi connectivity index (χ4v) is 4.77. The average Bonchev–Trinajstić information content (AvgIpc) is 3.20. The van der Waals surface area contributed by atoms with Crippen LogP contribution in [0.25, 0.3) is 0 Å². The van der Waals surface area contributed by atoms with E-state index in [9.17, 15) is 9.59 Å². The van der Waals surface area contributed by atoms with Gasteiger partial charge in [-0.2, -0.15) is 0 Å². The first kappa shape index (κ1) is 18.8. The van der Waals surface area contributed by atoms with Gasteiger partial charge in [0.25, 0.3) is 0 Å². The van der Waals surface area contributed by atoms with Crippen molar-refractivity contribution in [1.82, 2.24) is 5.32 Å². The second-order valence-corrected chi connectivity index (χ2v) is 7.86. The van der Waals surface area contributed by atoms with Gasteiger partial charge in [-0.15, -0.1) is 0 Å². The quantitative estimate of drug-likeness (QED) is 0.799. The van der Waals surface area contributed by atoms with Crippen LogP contribution in [0, 0.1) is 5.92 Å². The van der Waals surface area contributed by atoms with Gasteiger partial charge in [0.15, 0.2) is 5.78 Å². The smallest absolute Gasteiger partial charge is 0.316 e. The van der Waals surface area contributed by atoms with E-state index in [4.69, 9.17) is 9.47 Å². The molecule has 5 heteroatoms. The monoisotopic (exact) mass is 381 g/mol. The number of hydrogen-bond acceptors (Lipinski definition) is 5. The number of nitrogens with one attached hydrogen (secondary N) is 1. The third-order valence-electron chi connectivity index (χ3n) is 6.10. The van der Waals surface area contributed by atoms with E-state index in [0.717, 1.165) is 49.8 Å². The van der Waals surface area contributed by atoms with Gasteiger partial charge < -0.3 is 14.8 Å². The number of hydrogen-bond donors (Lipinski definition) is 1. The van der Waals surface area contributed by atoms with Crippen LogP contribution in [0.5, 0.6) is 5.75 Å². The zero-order valence-electron chi connectivity index (χ0n) is 16.3. The van der Waals surface area contributed by atoms with Crippen LogP contribution in [0.15, 0.2) is 47.8 Å². The van der Waals surface area contributed by atoms with E-state index in [1.807, 2.05) is 24.3 Å². The Morgan fingerprint density at radius 1 is 1.14 bits per heavy atom. The van der Waals surface area contributed by atoms with Crippen molar-refractivity contribution in [3.05, 3.63) is 53.4 Å². The lowest BCUT2D eigenvalue weighted by molar-refractivity contribution is -0.153. The van der Waals surface area contributed by atoms with Crippen LogP contribution in [0.2, 0.25) is 0 Å². The van der Waals surface area contributed by atoms with E-state index in [1.165, 1.54) is 0 Å². The second-order valence-electron chi connectivity index (χ2n) is 7.86. The third-order valence-corrected chi connectivity index (χ3v) is 6.10. The third kappa shape index (κ3) is 3.34. The van der Waals surface area contributed by atoms with Gasteiger partial charge in [0.1, 0.15) is 17.8 Å². The van der Waals surface area contributed by atoms with Crippen molar-refractivity contribution < 1.29 is 19.1 Å². The van der Waals surface area contributed by atoms with Gasteiger partial charge in [-0.1, -0.05) is 24.8 Å². The van der Waals surface area contributed by atoms with E-state index in [-0.39, 0.29) is 17.9 Å². The maximum atomic E-state index is 13.2. The van der Waals surface area contributed by atoms with Crippen LogP contribution in [0.4, 0.5) is 0 Å². The fourth-order valence-electron chi connectivity index (χ4n) is 4.77. The number of rotatable bonds is 4. The molecular formula is C23H27NO4. The lowest BCUT2D eigenvalue weighted by Gasteiger charge is -2.38. The summed E-state index contributed by atoms with van der Waals surface area (Å²) in [7, 11) is 1.61. The maximum absolute atomic E-state index is 13.2. The van der Waals surface area contributed by atoms with Crippen molar-refractivity contribution in [3.63, 3.8) is 0 Å². The number of carbonyl (C=O) groups is 2. The summed E-state index contributed by atoms with van der Waals surface area (Å²) in [6.07, 6.45) is 6.06. The Bertz CT molecular complexity index is 835. The highest BCUT2D eigenvalue weighted by Crippen LogP contribution is 2.47. The number of para-hydroxylation sites is 1. The highest BCUT2D eigenvalue weighted by molar-refractivity contribution is 6.00. The highest BCUT2D eigenvalue weighted by Gasteiger charge is 2.45. The Kier molecular flexibility index (Phi) is 5.25. The van der Waals surface area contributed by atoms with Gasteiger partial charge in [-0.3, -0.25) is 9.59 Å². The molecule has 148 valence electrons. The topological polar surface area (TPSA) is 64.6 Å². The summed E-state index contributed by atoms with van der Waals surface area (Å²) in [4.78, 5) is 26.1. The summed E-state index contributed by atoms with van der Waals surface area (Å²) in [5, 5.41) is 3.26. The molecule has 1 saturated carbocycles. The van der Waals surface area contributed by atoms with Crippen LogP contribution in [0.3, 0.4) is 0 Å². The molecule has 1 aromatic rings. The van der Waals surface area contributed by atoms with Crippen molar-refractivity contribution in [2.24, 2.45) is 5.92 Å². The molecule has 5 nitrogen and oxygen atoms in total. The van der Waals surface area contributed by atoms with Gasteiger partial charge in [0, 0.05) is 34.9 Å². The van der Waals surface area contributed by atoms with Gasteiger partial charge in [0.05, 0.1) is 7.11 Å². The standard InChI is InChI=1S/C23H27NO4/c1-14-20(23(26)28-15-8-3-4-9-15)21(16-10-5-6-13-19(16)27-2)22-17(24-14)11-7-12-18(22)25/h5-6,10,13,15,20-21,24H,1,3-4,7-9,11-12H2,2H3. The van der Waals surface area contributed by atoms with Crippen molar-refractivity contribution in [2.75, 3.05) is 7.11 Å². The normalized spacial score (nSPS) is 25.3. The predicted octanol–water partition coefficient (Wildman–Crippen LogP) is 4.00. The Labute approximate surface area is 165 Å². The molecule has 2 unspecified atom stereocenters. The first-order valence-electron chi connectivity index (χ1n) is 10.2. The summed E-state index contributed by atoms with van der Waals surface area (Å²) in [6, 6.07) is 7.61. The molecule has 0 saturated heterocycles. The SMILES string of the molecule is C=C1NC2=C(C(=O)CCC2)C(c2ccccc2OC)C1C(=O)OC1CCCC1. The van der Waals surface area contributed by atoms with Crippen LogP contribution in [0.1, 0.15) is 56.4 Å². The number of esters is 1. The van der Waals surface area contributed by atoms with Crippen molar-refractivity contribution in [2.45, 2.75) is 57.0 Å². The molecule has 3 aliphatic rings. The molecule has 1 aromatic carbocycles. The molecule has 2 aliphatic carbocycles. The molecule has 0 aromatic heterocycles. The number of methoxy groups -OCH3 is 1. The maximum Gasteiger partial charge on any atom is 0.316 e. The molecule has 0 amide bonds. The first-order valence-corrected chi connectivity index (χ1v) is 10.2. The van der Waals surface area contributed by atoms with Gasteiger partial charge in [0.2, 0.25) is 0 Å². The van der Waals surface area contributed by atoms with Crippen molar-refractivity contribution >= 4 is 11.8 Å². The molecular weight excluding hydrogens is 354 g/mol. The Morgan fingerprint density at radius 3 is 2.64 bits per heavy atom. The number of ketones is 1. The lowest BCUT2D eigenvalue weighted by Crippen LogP contribution is -2.41. The van der Waals surface area contributed by atoms with Crippen LogP contribution >= 0.6 is 0 Å². The molecule has 2 atom stereocenters. The van der Waals surface area contributed by atoms with Crippen LogP contribution in [-0.2, 0) is 14.3 Å². The second kappa shape index (κ2) is 7.82. The Balaban J connectivity index is 1.78. The Morgan fingerprint density at radius 2 is 1.89 bits per heavy atom. The first-order chi connectivity index (χ1) is 13.6. The minimum absolute atomic E-state index is 0.0314. The molecule has 1 N–H and O–H groups in total. The number of ether oxygens (including phenoxy) is 2. The summed E-state index contributed by atoms with van der Waals surface area (Å²) in [6.45, 7) is 4.14. The molecule has 0 radical (unpaired) electrons. The van der Waals surface area contributed by atoms with Crippen LogP contribution < -0.4 is 10.1 Å². The summed E-state index contributed by atoms with van der Waals surface area (Å²) in [5.74, 6) is -0.605. The highest BCUT2D eigenvalue weighted by atomic mass is 16.5. The number of Topliss-reactive ketones (excluding diaryl/α,β-unsaturated/α-hetero) is 1. The van der Waals surface area contributed by atoms with Gasteiger partial charge >= 0.3 is 5.97 Å². The zero-order chi connectivity index (χ0) is 19.7. The Hall–Kier alpha value is -2.56. The number of allylic oxidation sites excluding steroid dienone is 2. The van der Waals surface area contributed by atoms with E-state index in [2.05, 4.69) is 11.9 Å². The minimum Gasteiger partial charge on any atom is -0.496 e. The number of benzene rings is 1. The minimum atomic E-state index is -0.641. The van der Waals surface area contributed by atoms with E-state index in [0.29, 0.717) is 23.4 Å². The summed E-state index contributed by atoms with van der Waals surface area (Å²) < 4.78 is 11.4. The van der Waals surface area contributed by atoms with E-state index < -0.39 is 11.8 Å². The summed E-state index contributed by atoms with van der Waals surface area (Å²) >= 11 is 0. The average molecular weight is 381 g/mol. The van der Waals surface area contributed by atoms with E-state index in [1.54, 1.807) is 7.11 Å². The molecule has 28 heavy (non-hydrogen) atoms. The molecule has 0 bridgehead atoms. The molecule has 4 rings (SSSR count). The molecule has 1 aliphatic heterocycles. The van der Waals surface area contributed by atoms with Crippen LogP contribution in [-0.4, -0.2) is 25.0 Å². The lowest BCUT2D eigenvalue weighted by atomic mass is 9.71. The van der Waals surface area contributed by atoms with Crippen molar-refractivity contribution in [1.29, 1.82) is 0 Å². The van der Waals surface area contributed by atoms with E-state index >= 15 is 0 Å². The molecule has 1 heterocycles. The zero-order valence-corrected chi connectivity index (χ0v) is 16.3. The molecule has 1 fully saturated rings. The van der Waals surface area contributed by atoms with Crippen molar-refractivity contribution in [3.8, 4) is 5.75 Å². The predicted molar refractivity (Wildman–Crippen MR) is 106 cm³/mol. The number of carbonyl (C=O) groups excluding carboxylic acids is 2. The van der Waals surface area contributed by atoms with Gasteiger partial charge in [-0.25, -0.2) is 0 Å².